The summed E-state index contributed by atoms with van der Waals surface area (Å²) in [4.78, 5) is 11.8. The van der Waals surface area contributed by atoms with Crippen LogP contribution in [0.2, 0.25) is 0 Å². The van der Waals surface area contributed by atoms with Gasteiger partial charge in [0.25, 0.3) is 5.56 Å². The van der Waals surface area contributed by atoms with Gasteiger partial charge in [0.05, 0.1) is 13.2 Å². The van der Waals surface area contributed by atoms with Crippen LogP contribution in [-0.2, 0) is 24.1 Å². The van der Waals surface area contributed by atoms with E-state index in [4.69, 9.17) is 4.74 Å². The topological polar surface area (TPSA) is 61.9 Å². The fraction of sp³-hybridized carbons (Fsp3) is 0.278. The molecule has 7 heteroatoms. The molecule has 2 aromatic heterocycles. The van der Waals surface area contributed by atoms with Gasteiger partial charge < -0.3 is 9.30 Å². The Balaban J connectivity index is 1.84. The van der Waals surface area contributed by atoms with Crippen molar-refractivity contribution < 1.29 is 4.74 Å². The van der Waals surface area contributed by atoms with Gasteiger partial charge in [0, 0.05) is 37.7 Å². The second-order valence-corrected chi connectivity index (χ2v) is 6.53. The zero-order valence-corrected chi connectivity index (χ0v) is 15.1. The van der Waals surface area contributed by atoms with Crippen molar-refractivity contribution in [3.63, 3.8) is 0 Å². The van der Waals surface area contributed by atoms with Crippen LogP contribution in [0, 0.1) is 0 Å². The molecule has 0 fully saturated rings. The Kier molecular flexibility index (Phi) is 5.67. The van der Waals surface area contributed by atoms with E-state index in [0.717, 1.165) is 22.1 Å². The summed E-state index contributed by atoms with van der Waals surface area (Å²) in [6, 6.07) is 13.6. The van der Waals surface area contributed by atoms with Crippen LogP contribution in [0.1, 0.15) is 5.56 Å². The molecule has 0 N–H and O–H groups in total. The molecule has 0 atom stereocenters. The fourth-order valence-electron chi connectivity index (χ4n) is 2.41. The fourth-order valence-corrected chi connectivity index (χ4v) is 3.32. The molecule has 0 saturated carbocycles. The van der Waals surface area contributed by atoms with E-state index in [1.807, 2.05) is 36.4 Å². The highest BCUT2D eigenvalue weighted by Gasteiger charge is 2.14. The molecule has 0 aliphatic rings. The Hall–Kier alpha value is -2.38. The van der Waals surface area contributed by atoms with Crippen molar-refractivity contribution in [2.45, 2.75) is 17.5 Å². The molecule has 6 nitrogen and oxygen atoms in total. The maximum atomic E-state index is 11.8. The quantitative estimate of drug-likeness (QED) is 0.609. The lowest BCUT2D eigenvalue weighted by molar-refractivity contribution is 0.185. The van der Waals surface area contributed by atoms with Gasteiger partial charge in [0.2, 0.25) is 0 Å². The minimum absolute atomic E-state index is 0.0103. The summed E-state index contributed by atoms with van der Waals surface area (Å²) in [6.07, 6.45) is 1.78. The van der Waals surface area contributed by atoms with Gasteiger partial charge in [0.1, 0.15) is 0 Å². The second kappa shape index (κ2) is 8.13. The third-order valence-corrected chi connectivity index (χ3v) is 4.84. The van der Waals surface area contributed by atoms with Gasteiger partial charge in [-0.25, -0.2) is 0 Å². The van der Waals surface area contributed by atoms with Gasteiger partial charge in [-0.2, -0.15) is 0 Å². The van der Waals surface area contributed by atoms with Crippen LogP contribution < -0.4 is 5.56 Å². The molecule has 0 bridgehead atoms. The number of methoxy groups -OCH3 is 1. The molecule has 3 rings (SSSR count). The minimum Gasteiger partial charge on any atom is -0.383 e. The number of rotatable bonds is 7. The molecule has 3 aromatic rings. The molecule has 0 radical (unpaired) electrons. The second-order valence-electron chi connectivity index (χ2n) is 5.59. The van der Waals surface area contributed by atoms with Crippen LogP contribution in [0.25, 0.3) is 11.4 Å². The van der Waals surface area contributed by atoms with Crippen molar-refractivity contribution in [2.75, 3.05) is 13.7 Å². The number of benzene rings is 1. The van der Waals surface area contributed by atoms with E-state index < -0.39 is 0 Å². The molecular weight excluding hydrogens is 336 g/mol. The average Bonchev–Trinajstić information content (AvgIpc) is 3.04. The van der Waals surface area contributed by atoms with E-state index in [2.05, 4.69) is 14.8 Å². The molecule has 0 aliphatic carbocycles. The predicted molar refractivity (Wildman–Crippen MR) is 98.6 cm³/mol. The van der Waals surface area contributed by atoms with Gasteiger partial charge in [-0.3, -0.25) is 9.36 Å². The molecule has 0 aliphatic heterocycles. The van der Waals surface area contributed by atoms with E-state index >= 15 is 0 Å². The van der Waals surface area contributed by atoms with Crippen molar-refractivity contribution in [1.82, 2.24) is 19.3 Å². The Labute approximate surface area is 150 Å². The van der Waals surface area contributed by atoms with Crippen molar-refractivity contribution in [3.8, 4) is 11.4 Å². The maximum Gasteiger partial charge on any atom is 0.250 e. The van der Waals surface area contributed by atoms with Gasteiger partial charge in [-0.05, 0) is 11.6 Å². The van der Waals surface area contributed by atoms with Gasteiger partial charge in [0.15, 0.2) is 11.0 Å². The lowest BCUT2D eigenvalue weighted by Crippen LogP contribution is -2.14. The number of thioether (sulfide) groups is 1. The monoisotopic (exact) mass is 356 g/mol. The normalized spacial score (nSPS) is 11.0. The zero-order valence-electron chi connectivity index (χ0n) is 14.3. The first-order valence-corrected chi connectivity index (χ1v) is 8.93. The number of pyridine rings is 1. The first-order chi connectivity index (χ1) is 12.2. The molecular formula is C18H20N4O2S. The summed E-state index contributed by atoms with van der Waals surface area (Å²) >= 11 is 1.57. The molecule has 0 spiro atoms. The highest BCUT2D eigenvalue weighted by atomic mass is 32.2. The number of ether oxygens (including phenoxy) is 1. The number of hydrogen-bond acceptors (Lipinski definition) is 5. The average molecular weight is 356 g/mol. The predicted octanol–water partition coefficient (Wildman–Crippen LogP) is 2.58. The smallest absolute Gasteiger partial charge is 0.250 e. The van der Waals surface area contributed by atoms with Crippen LogP contribution >= 0.6 is 11.8 Å². The number of aryl methyl sites for hydroxylation is 1. The molecule has 0 amide bonds. The van der Waals surface area contributed by atoms with Gasteiger partial charge in [-0.15, -0.1) is 10.2 Å². The van der Waals surface area contributed by atoms with E-state index in [1.165, 1.54) is 0 Å². The Morgan fingerprint density at radius 3 is 2.68 bits per heavy atom. The number of nitrogens with zero attached hydrogens (tertiary/aromatic N) is 4. The van der Waals surface area contributed by atoms with Crippen molar-refractivity contribution in [2.24, 2.45) is 7.05 Å². The highest BCUT2D eigenvalue weighted by Crippen LogP contribution is 2.26. The Morgan fingerprint density at radius 2 is 1.96 bits per heavy atom. The van der Waals surface area contributed by atoms with Crippen molar-refractivity contribution in [3.05, 3.63) is 64.6 Å². The molecule has 0 unspecified atom stereocenters. The highest BCUT2D eigenvalue weighted by molar-refractivity contribution is 7.98. The standard InChI is InChI=1S/C18H20N4O2S/c1-21-9-8-14(12-16(21)23)13-25-18-20-19-17(22(18)10-11-24-2)15-6-4-3-5-7-15/h3-9,12H,10-11,13H2,1-2H3. The molecule has 130 valence electrons. The third kappa shape index (κ3) is 4.18. The van der Waals surface area contributed by atoms with E-state index in [1.54, 1.807) is 42.7 Å². The summed E-state index contributed by atoms with van der Waals surface area (Å²) in [5, 5.41) is 9.51. The van der Waals surface area contributed by atoms with Crippen molar-refractivity contribution >= 4 is 11.8 Å². The van der Waals surface area contributed by atoms with Crippen LogP contribution in [0.3, 0.4) is 0 Å². The minimum atomic E-state index is -0.0103. The summed E-state index contributed by atoms with van der Waals surface area (Å²) in [5.74, 6) is 1.49. The van der Waals surface area contributed by atoms with Crippen LogP contribution in [-0.4, -0.2) is 33.0 Å². The Bertz CT molecular complexity index is 890. The third-order valence-electron chi connectivity index (χ3n) is 3.80. The molecule has 1 aromatic carbocycles. The van der Waals surface area contributed by atoms with Crippen LogP contribution in [0.15, 0.2) is 58.6 Å². The van der Waals surface area contributed by atoms with E-state index in [0.29, 0.717) is 18.9 Å². The van der Waals surface area contributed by atoms with Crippen LogP contribution in [0.4, 0.5) is 0 Å². The SMILES string of the molecule is COCCn1c(SCc2ccn(C)c(=O)c2)nnc1-c1ccccc1. The zero-order chi connectivity index (χ0) is 17.6. The Morgan fingerprint density at radius 1 is 1.16 bits per heavy atom. The molecule has 25 heavy (non-hydrogen) atoms. The molecule has 2 heterocycles. The maximum absolute atomic E-state index is 11.8. The first-order valence-electron chi connectivity index (χ1n) is 7.95. The summed E-state index contributed by atoms with van der Waals surface area (Å²) < 4.78 is 8.84. The number of hydrogen-bond donors (Lipinski definition) is 0. The summed E-state index contributed by atoms with van der Waals surface area (Å²) in [7, 11) is 3.42. The van der Waals surface area contributed by atoms with Gasteiger partial charge in [-0.1, -0.05) is 42.1 Å². The molecule has 0 saturated heterocycles. The summed E-state index contributed by atoms with van der Waals surface area (Å²) in [6.45, 7) is 1.25. The lowest BCUT2D eigenvalue weighted by atomic mass is 10.2. The van der Waals surface area contributed by atoms with Gasteiger partial charge >= 0.3 is 0 Å². The van der Waals surface area contributed by atoms with Crippen molar-refractivity contribution in [1.29, 1.82) is 0 Å². The first kappa shape index (κ1) is 17.4. The number of aromatic nitrogens is 4. The van der Waals surface area contributed by atoms with E-state index in [9.17, 15) is 4.79 Å². The largest absolute Gasteiger partial charge is 0.383 e. The van der Waals surface area contributed by atoms with E-state index in [-0.39, 0.29) is 5.56 Å². The lowest BCUT2D eigenvalue weighted by Gasteiger charge is -2.09. The van der Waals surface area contributed by atoms with Crippen LogP contribution in [0.5, 0.6) is 0 Å². The summed E-state index contributed by atoms with van der Waals surface area (Å²) in [5.41, 5.74) is 1.98.